The smallest absolute Gasteiger partial charge is 0.103 e. The first-order valence-electron chi connectivity index (χ1n) is 4.97. The zero-order valence-electron chi connectivity index (χ0n) is 8.26. The maximum atomic E-state index is 8.98. The van der Waals surface area contributed by atoms with Crippen molar-refractivity contribution in [2.24, 2.45) is 0 Å². The molecule has 0 saturated carbocycles. The standard InChI is InChI=1S/C11H12ClN3/c12-10-2-1-3-11(9(10)6-13)15-8-4-5-14-7-8/h1-3,8,14-15H,4-5,7H2. The lowest BCUT2D eigenvalue weighted by atomic mass is 10.1. The van der Waals surface area contributed by atoms with Crippen molar-refractivity contribution in [2.75, 3.05) is 18.4 Å². The summed E-state index contributed by atoms with van der Waals surface area (Å²) in [5.74, 6) is 0. The summed E-state index contributed by atoms with van der Waals surface area (Å²) in [7, 11) is 0. The molecule has 0 aromatic heterocycles. The van der Waals surface area contributed by atoms with Crippen LogP contribution >= 0.6 is 11.6 Å². The van der Waals surface area contributed by atoms with Crippen LogP contribution in [-0.4, -0.2) is 19.1 Å². The monoisotopic (exact) mass is 221 g/mol. The summed E-state index contributed by atoms with van der Waals surface area (Å²) >= 11 is 5.94. The van der Waals surface area contributed by atoms with E-state index in [-0.39, 0.29) is 0 Å². The minimum absolute atomic E-state index is 0.399. The Kier molecular flexibility index (Phi) is 3.10. The third-order valence-corrected chi connectivity index (χ3v) is 2.86. The summed E-state index contributed by atoms with van der Waals surface area (Å²) in [6, 6.07) is 8.00. The molecule has 0 aliphatic carbocycles. The number of nitriles is 1. The van der Waals surface area contributed by atoms with E-state index in [1.54, 1.807) is 6.07 Å². The van der Waals surface area contributed by atoms with E-state index in [2.05, 4.69) is 16.7 Å². The van der Waals surface area contributed by atoms with Gasteiger partial charge in [-0.3, -0.25) is 0 Å². The molecule has 0 bridgehead atoms. The molecule has 1 aromatic carbocycles. The van der Waals surface area contributed by atoms with Crippen LogP contribution in [0.25, 0.3) is 0 Å². The summed E-state index contributed by atoms with van der Waals surface area (Å²) in [4.78, 5) is 0. The molecule has 4 heteroatoms. The van der Waals surface area contributed by atoms with Crippen LogP contribution in [0.3, 0.4) is 0 Å². The quantitative estimate of drug-likeness (QED) is 0.803. The maximum absolute atomic E-state index is 8.98. The van der Waals surface area contributed by atoms with Gasteiger partial charge in [0.15, 0.2) is 0 Å². The highest BCUT2D eigenvalue weighted by molar-refractivity contribution is 6.32. The highest BCUT2D eigenvalue weighted by atomic mass is 35.5. The van der Waals surface area contributed by atoms with Crippen molar-refractivity contribution < 1.29 is 0 Å². The fourth-order valence-electron chi connectivity index (χ4n) is 1.76. The predicted octanol–water partition coefficient (Wildman–Crippen LogP) is 1.99. The van der Waals surface area contributed by atoms with Crippen LogP contribution < -0.4 is 10.6 Å². The molecule has 2 rings (SSSR count). The Balaban J connectivity index is 2.20. The van der Waals surface area contributed by atoms with E-state index in [4.69, 9.17) is 16.9 Å². The third-order valence-electron chi connectivity index (χ3n) is 2.55. The number of nitrogens with one attached hydrogen (secondary N) is 2. The Morgan fingerprint density at radius 2 is 2.40 bits per heavy atom. The second-order valence-corrected chi connectivity index (χ2v) is 4.02. The molecule has 1 aromatic rings. The fraction of sp³-hybridized carbons (Fsp3) is 0.364. The normalized spacial score (nSPS) is 19.9. The SMILES string of the molecule is N#Cc1c(Cl)cccc1NC1CCNC1. The van der Waals surface area contributed by atoms with Gasteiger partial charge in [-0.1, -0.05) is 17.7 Å². The summed E-state index contributed by atoms with van der Waals surface area (Å²) < 4.78 is 0. The second kappa shape index (κ2) is 4.52. The molecule has 0 radical (unpaired) electrons. The van der Waals surface area contributed by atoms with Crippen molar-refractivity contribution in [1.82, 2.24) is 5.32 Å². The lowest BCUT2D eigenvalue weighted by Gasteiger charge is -2.14. The average molecular weight is 222 g/mol. The van der Waals surface area contributed by atoms with Crippen LogP contribution in [0.15, 0.2) is 18.2 Å². The van der Waals surface area contributed by atoms with Crippen LogP contribution in [0.4, 0.5) is 5.69 Å². The average Bonchev–Trinajstić information content (AvgIpc) is 2.71. The largest absolute Gasteiger partial charge is 0.380 e. The zero-order chi connectivity index (χ0) is 10.7. The summed E-state index contributed by atoms with van der Waals surface area (Å²) in [5.41, 5.74) is 1.37. The van der Waals surface area contributed by atoms with E-state index in [1.807, 2.05) is 12.1 Å². The molecule has 3 nitrogen and oxygen atoms in total. The number of nitrogens with zero attached hydrogens (tertiary/aromatic N) is 1. The molecular formula is C11H12ClN3. The molecular weight excluding hydrogens is 210 g/mol. The summed E-state index contributed by atoms with van der Waals surface area (Å²) in [6.45, 7) is 1.97. The van der Waals surface area contributed by atoms with Gasteiger partial charge in [0.2, 0.25) is 0 Å². The molecule has 0 amide bonds. The lowest BCUT2D eigenvalue weighted by molar-refractivity contribution is 0.793. The number of hydrogen-bond acceptors (Lipinski definition) is 3. The van der Waals surface area contributed by atoms with E-state index in [0.29, 0.717) is 16.6 Å². The summed E-state index contributed by atoms with van der Waals surface area (Å²) in [6.07, 6.45) is 1.08. The minimum Gasteiger partial charge on any atom is -0.380 e. The second-order valence-electron chi connectivity index (χ2n) is 3.61. The van der Waals surface area contributed by atoms with Crippen molar-refractivity contribution >= 4 is 17.3 Å². The van der Waals surface area contributed by atoms with Crippen LogP contribution in [0.2, 0.25) is 5.02 Å². The molecule has 1 unspecified atom stereocenters. The summed E-state index contributed by atoms with van der Waals surface area (Å²) in [5, 5.41) is 16.1. The van der Waals surface area contributed by atoms with Crippen molar-refractivity contribution in [1.29, 1.82) is 5.26 Å². The fourth-order valence-corrected chi connectivity index (χ4v) is 1.97. The van der Waals surface area contributed by atoms with Gasteiger partial charge in [-0.05, 0) is 25.1 Å². The van der Waals surface area contributed by atoms with Gasteiger partial charge in [0.1, 0.15) is 6.07 Å². The van der Waals surface area contributed by atoms with Crippen molar-refractivity contribution in [2.45, 2.75) is 12.5 Å². The lowest BCUT2D eigenvalue weighted by Crippen LogP contribution is -2.22. The van der Waals surface area contributed by atoms with E-state index in [1.165, 1.54) is 0 Å². The molecule has 2 N–H and O–H groups in total. The molecule has 1 atom stereocenters. The van der Waals surface area contributed by atoms with Gasteiger partial charge in [-0.25, -0.2) is 0 Å². The Hall–Kier alpha value is -1.24. The van der Waals surface area contributed by atoms with Gasteiger partial charge in [0.25, 0.3) is 0 Å². The van der Waals surface area contributed by atoms with Gasteiger partial charge in [-0.2, -0.15) is 5.26 Å². The topological polar surface area (TPSA) is 47.9 Å². The number of rotatable bonds is 2. The van der Waals surface area contributed by atoms with Crippen molar-refractivity contribution in [3.63, 3.8) is 0 Å². The van der Waals surface area contributed by atoms with Crippen molar-refractivity contribution in [3.05, 3.63) is 28.8 Å². The Morgan fingerprint density at radius 3 is 3.07 bits per heavy atom. The van der Waals surface area contributed by atoms with E-state index in [0.717, 1.165) is 25.2 Å². The van der Waals surface area contributed by atoms with Crippen LogP contribution in [0.1, 0.15) is 12.0 Å². The van der Waals surface area contributed by atoms with Gasteiger partial charge < -0.3 is 10.6 Å². The molecule has 78 valence electrons. The Morgan fingerprint density at radius 1 is 1.53 bits per heavy atom. The number of hydrogen-bond donors (Lipinski definition) is 2. The number of anilines is 1. The van der Waals surface area contributed by atoms with E-state index >= 15 is 0 Å². The molecule has 1 aliphatic rings. The van der Waals surface area contributed by atoms with Gasteiger partial charge in [0.05, 0.1) is 16.3 Å². The van der Waals surface area contributed by atoms with E-state index in [9.17, 15) is 0 Å². The molecule has 1 saturated heterocycles. The van der Waals surface area contributed by atoms with Crippen LogP contribution in [-0.2, 0) is 0 Å². The first kappa shape index (κ1) is 10.3. The highest BCUT2D eigenvalue weighted by Gasteiger charge is 2.16. The molecule has 0 spiro atoms. The van der Waals surface area contributed by atoms with Gasteiger partial charge >= 0.3 is 0 Å². The van der Waals surface area contributed by atoms with Gasteiger partial charge in [-0.15, -0.1) is 0 Å². The molecule has 1 heterocycles. The van der Waals surface area contributed by atoms with Crippen molar-refractivity contribution in [3.8, 4) is 6.07 Å². The van der Waals surface area contributed by atoms with Crippen LogP contribution in [0.5, 0.6) is 0 Å². The zero-order valence-corrected chi connectivity index (χ0v) is 9.01. The Labute approximate surface area is 94.0 Å². The molecule has 1 fully saturated rings. The van der Waals surface area contributed by atoms with Crippen LogP contribution in [0, 0.1) is 11.3 Å². The Bertz CT molecular complexity index is 391. The first-order chi connectivity index (χ1) is 7.31. The number of benzene rings is 1. The molecule has 15 heavy (non-hydrogen) atoms. The third kappa shape index (κ3) is 2.23. The minimum atomic E-state index is 0.399. The first-order valence-corrected chi connectivity index (χ1v) is 5.35. The predicted molar refractivity (Wildman–Crippen MR) is 61.1 cm³/mol. The number of halogens is 1. The maximum Gasteiger partial charge on any atom is 0.103 e. The highest BCUT2D eigenvalue weighted by Crippen LogP contribution is 2.24. The van der Waals surface area contributed by atoms with Gasteiger partial charge in [0, 0.05) is 12.6 Å². The molecule has 1 aliphatic heterocycles. The van der Waals surface area contributed by atoms with E-state index < -0.39 is 0 Å².